The maximum absolute atomic E-state index is 13.5. The Labute approximate surface area is 197 Å². The van der Waals surface area contributed by atoms with Crippen molar-refractivity contribution in [1.82, 2.24) is 19.7 Å². The van der Waals surface area contributed by atoms with E-state index in [9.17, 15) is 8.78 Å². The zero-order chi connectivity index (χ0) is 23.5. The van der Waals surface area contributed by atoms with E-state index >= 15 is 0 Å². The van der Waals surface area contributed by atoms with Gasteiger partial charge < -0.3 is 19.7 Å². The maximum atomic E-state index is 13.5. The van der Waals surface area contributed by atoms with Gasteiger partial charge in [0.15, 0.2) is 0 Å². The molecule has 0 aliphatic carbocycles. The molecule has 2 aromatic carbocycles. The zero-order valence-corrected chi connectivity index (χ0v) is 19.1. The predicted molar refractivity (Wildman–Crippen MR) is 125 cm³/mol. The quantitative estimate of drug-likeness (QED) is 0.594. The van der Waals surface area contributed by atoms with Gasteiger partial charge in [0.2, 0.25) is 5.95 Å². The highest BCUT2D eigenvalue weighted by molar-refractivity contribution is 5.64. The molecule has 3 aromatic rings. The molecule has 1 N–H and O–H groups in total. The number of hydrogen-bond donors (Lipinski definition) is 1. The van der Waals surface area contributed by atoms with Gasteiger partial charge in [-0.25, -0.2) is 13.5 Å². The first-order valence-corrected chi connectivity index (χ1v) is 11.5. The predicted octanol–water partition coefficient (Wildman–Crippen LogP) is 3.13. The highest BCUT2D eigenvalue weighted by Gasteiger charge is 2.23. The first kappa shape index (κ1) is 22.7. The van der Waals surface area contributed by atoms with E-state index in [4.69, 9.17) is 9.47 Å². The number of aryl methyl sites for hydroxylation is 1. The average molecular weight is 471 g/mol. The Kier molecular flexibility index (Phi) is 6.70. The van der Waals surface area contributed by atoms with E-state index in [0.717, 1.165) is 55.7 Å². The molecule has 8 nitrogen and oxygen atoms in total. The van der Waals surface area contributed by atoms with Crippen LogP contribution in [0.1, 0.15) is 5.56 Å². The molecule has 10 heteroatoms. The Balaban J connectivity index is 1.23. The molecule has 1 aromatic heterocycles. The summed E-state index contributed by atoms with van der Waals surface area (Å²) in [5.41, 5.74) is 3.37. The minimum Gasteiger partial charge on any atom is -0.376 e. The van der Waals surface area contributed by atoms with E-state index in [2.05, 4.69) is 37.3 Å². The molecule has 1 unspecified atom stereocenters. The summed E-state index contributed by atoms with van der Waals surface area (Å²) in [7, 11) is 0. The van der Waals surface area contributed by atoms with Crippen LogP contribution >= 0.6 is 0 Å². The molecule has 180 valence electrons. The fourth-order valence-corrected chi connectivity index (χ4v) is 4.38. The second kappa shape index (κ2) is 10.0. The molecule has 5 rings (SSSR count). The van der Waals surface area contributed by atoms with Gasteiger partial charge in [0, 0.05) is 50.2 Å². The van der Waals surface area contributed by atoms with Crippen molar-refractivity contribution in [2.75, 3.05) is 62.8 Å². The van der Waals surface area contributed by atoms with Crippen LogP contribution in [0.2, 0.25) is 0 Å². The minimum absolute atomic E-state index is 0.159. The molecule has 0 saturated carbocycles. The van der Waals surface area contributed by atoms with Gasteiger partial charge in [-0.05, 0) is 42.8 Å². The summed E-state index contributed by atoms with van der Waals surface area (Å²) in [6.45, 7) is 8.77. The summed E-state index contributed by atoms with van der Waals surface area (Å²) >= 11 is 0. The molecule has 2 aliphatic rings. The Morgan fingerprint density at radius 1 is 0.971 bits per heavy atom. The molecule has 2 aliphatic heterocycles. The number of anilines is 3. The van der Waals surface area contributed by atoms with Crippen LogP contribution in [0.15, 0.2) is 42.7 Å². The molecule has 3 heterocycles. The van der Waals surface area contributed by atoms with E-state index in [0.29, 0.717) is 25.8 Å². The summed E-state index contributed by atoms with van der Waals surface area (Å²) in [5.74, 6) is -0.980. The molecule has 34 heavy (non-hydrogen) atoms. The first-order chi connectivity index (χ1) is 16.5. The molecule has 2 fully saturated rings. The third kappa shape index (κ3) is 5.52. The zero-order valence-electron chi connectivity index (χ0n) is 19.1. The fourth-order valence-electron chi connectivity index (χ4n) is 4.38. The van der Waals surface area contributed by atoms with Crippen molar-refractivity contribution in [2.24, 2.45) is 0 Å². The standard InChI is InChI=1S/C24H28F2N6O2/c1-17-8-20(28-24-27-16-32(29-24)22-11-18(25)10-19(26)12-22)13-21(9-17)31-4-2-30(3-5-31)14-23-15-33-6-7-34-23/h8-13,16,23H,2-7,14-15H2,1H3,(H,28,29). The summed E-state index contributed by atoms with van der Waals surface area (Å²) in [5, 5.41) is 7.52. The van der Waals surface area contributed by atoms with E-state index in [1.807, 2.05) is 13.0 Å². The van der Waals surface area contributed by atoms with Crippen molar-refractivity contribution in [1.29, 1.82) is 0 Å². The number of nitrogens with zero attached hydrogens (tertiary/aromatic N) is 5. The lowest BCUT2D eigenvalue weighted by Crippen LogP contribution is -2.50. The van der Waals surface area contributed by atoms with Crippen molar-refractivity contribution in [3.8, 4) is 5.69 Å². The second-order valence-corrected chi connectivity index (χ2v) is 8.68. The molecule has 2 saturated heterocycles. The monoisotopic (exact) mass is 470 g/mol. The molecular weight excluding hydrogens is 442 g/mol. The number of halogens is 2. The molecule has 0 spiro atoms. The molecule has 1 atom stereocenters. The number of aromatic nitrogens is 3. The second-order valence-electron chi connectivity index (χ2n) is 8.68. The molecule has 0 radical (unpaired) electrons. The van der Waals surface area contributed by atoms with Crippen LogP contribution in [0.5, 0.6) is 0 Å². The number of benzene rings is 2. The van der Waals surface area contributed by atoms with Crippen molar-refractivity contribution < 1.29 is 18.3 Å². The Bertz CT molecular complexity index is 1110. The maximum Gasteiger partial charge on any atom is 0.246 e. The van der Waals surface area contributed by atoms with Gasteiger partial charge in [-0.15, -0.1) is 5.10 Å². The van der Waals surface area contributed by atoms with Crippen LogP contribution in [0, 0.1) is 18.6 Å². The molecular formula is C24H28F2N6O2. The third-order valence-electron chi connectivity index (χ3n) is 6.01. The molecule has 0 bridgehead atoms. The van der Waals surface area contributed by atoms with Crippen LogP contribution < -0.4 is 10.2 Å². The smallest absolute Gasteiger partial charge is 0.246 e. The van der Waals surface area contributed by atoms with Gasteiger partial charge in [-0.1, -0.05) is 0 Å². The summed E-state index contributed by atoms with van der Waals surface area (Å²) in [4.78, 5) is 9.03. The lowest BCUT2D eigenvalue weighted by atomic mass is 10.1. The van der Waals surface area contributed by atoms with Gasteiger partial charge in [0.1, 0.15) is 18.0 Å². The van der Waals surface area contributed by atoms with Gasteiger partial charge >= 0.3 is 0 Å². The van der Waals surface area contributed by atoms with Gasteiger partial charge in [0.25, 0.3) is 0 Å². The summed E-state index contributed by atoms with van der Waals surface area (Å²) in [6.07, 6.45) is 1.58. The fraction of sp³-hybridized carbons (Fsp3) is 0.417. The van der Waals surface area contributed by atoms with Crippen molar-refractivity contribution >= 4 is 17.3 Å². The van der Waals surface area contributed by atoms with Crippen LogP contribution in [0.4, 0.5) is 26.1 Å². The largest absolute Gasteiger partial charge is 0.376 e. The van der Waals surface area contributed by atoms with Crippen LogP contribution in [0.25, 0.3) is 5.69 Å². The van der Waals surface area contributed by atoms with Crippen molar-refractivity contribution in [3.05, 3.63) is 59.9 Å². The summed E-state index contributed by atoms with van der Waals surface area (Å²) in [6, 6.07) is 9.50. The van der Waals surface area contributed by atoms with Crippen LogP contribution in [-0.2, 0) is 9.47 Å². The number of nitrogens with one attached hydrogen (secondary N) is 1. The number of piperazine rings is 1. The number of rotatable bonds is 6. The minimum atomic E-state index is -0.664. The van der Waals surface area contributed by atoms with Crippen molar-refractivity contribution in [3.63, 3.8) is 0 Å². The van der Waals surface area contributed by atoms with E-state index in [1.54, 1.807) is 0 Å². The highest BCUT2D eigenvalue weighted by atomic mass is 19.1. The van der Waals surface area contributed by atoms with Crippen LogP contribution in [-0.4, -0.2) is 78.3 Å². The third-order valence-corrected chi connectivity index (χ3v) is 6.01. The van der Waals surface area contributed by atoms with Gasteiger partial charge in [-0.2, -0.15) is 4.98 Å². The van der Waals surface area contributed by atoms with Gasteiger partial charge in [-0.3, -0.25) is 4.90 Å². The Morgan fingerprint density at radius 3 is 2.50 bits per heavy atom. The lowest BCUT2D eigenvalue weighted by Gasteiger charge is -2.38. The normalized spacial score (nSPS) is 19.4. The van der Waals surface area contributed by atoms with E-state index < -0.39 is 11.6 Å². The lowest BCUT2D eigenvalue weighted by molar-refractivity contribution is -0.0977. The van der Waals surface area contributed by atoms with E-state index in [1.165, 1.54) is 23.1 Å². The average Bonchev–Trinajstić information content (AvgIpc) is 3.28. The number of ether oxygens (including phenoxy) is 2. The number of hydrogen-bond acceptors (Lipinski definition) is 7. The topological polar surface area (TPSA) is 67.7 Å². The Morgan fingerprint density at radius 2 is 1.76 bits per heavy atom. The highest BCUT2D eigenvalue weighted by Crippen LogP contribution is 2.25. The van der Waals surface area contributed by atoms with E-state index in [-0.39, 0.29) is 11.8 Å². The summed E-state index contributed by atoms with van der Waals surface area (Å²) < 4.78 is 39.7. The van der Waals surface area contributed by atoms with Gasteiger partial charge in [0.05, 0.1) is 31.6 Å². The SMILES string of the molecule is Cc1cc(Nc2ncn(-c3cc(F)cc(F)c3)n2)cc(N2CCN(CC3COCCO3)CC2)c1. The Hall–Kier alpha value is -3.08. The molecule has 0 amide bonds. The van der Waals surface area contributed by atoms with Crippen molar-refractivity contribution in [2.45, 2.75) is 13.0 Å². The van der Waals surface area contributed by atoms with Crippen LogP contribution in [0.3, 0.4) is 0 Å². The first-order valence-electron chi connectivity index (χ1n) is 11.5.